The summed E-state index contributed by atoms with van der Waals surface area (Å²) in [5, 5.41) is 0. The number of piperazine rings is 1. The fourth-order valence-corrected chi connectivity index (χ4v) is 6.08. The van der Waals surface area contributed by atoms with Gasteiger partial charge >= 0.3 is 6.18 Å². The highest BCUT2D eigenvalue weighted by atomic mass is 32.2. The van der Waals surface area contributed by atoms with E-state index >= 15 is 0 Å². The number of para-hydroxylation sites is 1. The van der Waals surface area contributed by atoms with Crippen LogP contribution in [0.5, 0.6) is 0 Å². The van der Waals surface area contributed by atoms with Gasteiger partial charge in [0.2, 0.25) is 6.41 Å². The summed E-state index contributed by atoms with van der Waals surface area (Å²) in [5.74, 6) is 0. The van der Waals surface area contributed by atoms with Crippen LogP contribution in [0.2, 0.25) is 0 Å². The molecule has 0 spiro atoms. The molecule has 0 saturated carbocycles. The number of hydrogen-bond acceptors (Lipinski definition) is 6. The van der Waals surface area contributed by atoms with Gasteiger partial charge in [-0.15, -0.1) is 0 Å². The van der Waals surface area contributed by atoms with Crippen LogP contribution in [0.1, 0.15) is 18.4 Å². The van der Waals surface area contributed by atoms with E-state index in [1.165, 1.54) is 6.07 Å². The first-order valence-corrected chi connectivity index (χ1v) is 12.8. The quantitative estimate of drug-likeness (QED) is 0.624. The van der Waals surface area contributed by atoms with E-state index in [9.17, 15) is 17.4 Å². The van der Waals surface area contributed by atoms with Gasteiger partial charge in [0.25, 0.3) is 0 Å². The molecule has 0 amide bonds. The van der Waals surface area contributed by atoms with Gasteiger partial charge in [-0.05, 0) is 49.7 Å². The van der Waals surface area contributed by atoms with Crippen molar-refractivity contribution in [3.63, 3.8) is 0 Å². The van der Waals surface area contributed by atoms with Crippen LogP contribution in [-0.2, 0) is 26.4 Å². The number of anilines is 2. The Labute approximate surface area is 199 Å². The molecule has 184 valence electrons. The molecule has 1 atom stereocenters. The predicted molar refractivity (Wildman–Crippen MR) is 123 cm³/mol. The lowest BCUT2D eigenvalue weighted by atomic mass is 10.1. The molecule has 10 heteroatoms. The molecule has 3 aliphatic rings. The third-order valence-electron chi connectivity index (χ3n) is 6.50. The van der Waals surface area contributed by atoms with E-state index in [0.29, 0.717) is 27.7 Å². The van der Waals surface area contributed by atoms with Crippen molar-refractivity contribution in [2.45, 2.75) is 35.2 Å². The summed E-state index contributed by atoms with van der Waals surface area (Å²) >= 11 is 0. The minimum absolute atomic E-state index is 0.249. The molecule has 2 aromatic rings. The minimum atomic E-state index is -4.45. The Morgan fingerprint density at radius 1 is 0.912 bits per heavy atom. The van der Waals surface area contributed by atoms with Crippen LogP contribution >= 0.6 is 0 Å². The second kappa shape index (κ2) is 9.94. The Bertz CT molecular complexity index is 1040. The molecular weight excluding hydrogens is 467 g/mol. The van der Waals surface area contributed by atoms with E-state index in [2.05, 4.69) is 9.80 Å². The fourth-order valence-electron chi connectivity index (χ4n) is 4.72. The molecule has 0 aromatic heterocycles. The van der Waals surface area contributed by atoms with Crippen molar-refractivity contribution < 1.29 is 26.9 Å². The predicted octanol–water partition coefficient (Wildman–Crippen LogP) is 4.05. The molecule has 3 aliphatic heterocycles. The Morgan fingerprint density at radius 3 is 2.35 bits per heavy atom. The second-order valence-electron chi connectivity index (χ2n) is 8.70. The van der Waals surface area contributed by atoms with E-state index in [4.69, 9.17) is 9.47 Å². The Morgan fingerprint density at radius 2 is 1.62 bits per heavy atom. The average molecular weight is 496 g/mol. The molecule has 1 unspecified atom stereocenters. The molecule has 2 saturated heterocycles. The second-order valence-corrected chi connectivity index (χ2v) is 10.1. The molecule has 5 rings (SSSR count). The first kappa shape index (κ1) is 23.7. The van der Waals surface area contributed by atoms with Gasteiger partial charge in [0, 0.05) is 32.7 Å². The summed E-state index contributed by atoms with van der Waals surface area (Å²) in [6, 6.07) is 10.8. The van der Waals surface area contributed by atoms with E-state index in [1.807, 2.05) is 23.1 Å². The van der Waals surface area contributed by atoms with Crippen molar-refractivity contribution >= 4 is 22.2 Å². The van der Waals surface area contributed by atoms with Gasteiger partial charge in [0.15, 0.2) is 0 Å². The van der Waals surface area contributed by atoms with Crippen molar-refractivity contribution in [1.82, 2.24) is 9.80 Å². The number of rotatable bonds is 5. The SMILES string of the molecule is O=S1c2ccccc2N(CCCN2CCN(C3OCCCO3)CC2)c2cc(C(F)(F)F)ccc21. The molecule has 34 heavy (non-hydrogen) atoms. The molecule has 0 bridgehead atoms. The standard InChI is InChI=1S/C24H28F3N3O3S/c25-24(26,27)18-7-8-22-20(17-18)30(19-5-1-2-6-21(19)34(22)31)10-3-9-28-11-13-29(14-12-28)23-32-15-4-16-33-23/h1-2,5-8,17,23H,3-4,9-16H2. The smallest absolute Gasteiger partial charge is 0.340 e. The van der Waals surface area contributed by atoms with Crippen molar-refractivity contribution in [3.05, 3.63) is 48.0 Å². The van der Waals surface area contributed by atoms with E-state index in [0.717, 1.165) is 70.9 Å². The highest BCUT2D eigenvalue weighted by Crippen LogP contribution is 2.44. The maximum atomic E-state index is 13.4. The van der Waals surface area contributed by atoms with Crippen LogP contribution in [-0.4, -0.2) is 72.9 Å². The van der Waals surface area contributed by atoms with Crippen molar-refractivity contribution in [3.8, 4) is 0 Å². The van der Waals surface area contributed by atoms with Crippen LogP contribution < -0.4 is 4.90 Å². The van der Waals surface area contributed by atoms with Crippen LogP contribution in [0.15, 0.2) is 52.3 Å². The number of halogens is 3. The largest absolute Gasteiger partial charge is 0.416 e. The number of fused-ring (bicyclic) bond motifs is 2. The van der Waals surface area contributed by atoms with Gasteiger partial charge < -0.3 is 19.3 Å². The maximum Gasteiger partial charge on any atom is 0.416 e. The summed E-state index contributed by atoms with van der Waals surface area (Å²) in [7, 11) is -1.51. The zero-order chi connectivity index (χ0) is 23.7. The van der Waals surface area contributed by atoms with E-state index in [1.54, 1.807) is 6.07 Å². The van der Waals surface area contributed by atoms with Crippen molar-refractivity contribution in [1.29, 1.82) is 0 Å². The van der Waals surface area contributed by atoms with Crippen molar-refractivity contribution in [2.24, 2.45) is 0 Å². The van der Waals surface area contributed by atoms with Crippen molar-refractivity contribution in [2.75, 3.05) is 57.4 Å². The minimum Gasteiger partial charge on any atom is -0.340 e. The van der Waals surface area contributed by atoms with Crippen LogP contribution in [0, 0.1) is 0 Å². The molecule has 0 radical (unpaired) electrons. The van der Waals surface area contributed by atoms with Gasteiger partial charge in [-0.3, -0.25) is 4.90 Å². The number of hydrogen-bond donors (Lipinski definition) is 0. The summed E-state index contributed by atoms with van der Waals surface area (Å²) in [5.41, 5.74) is 0.364. The van der Waals surface area contributed by atoms with Gasteiger partial charge in [-0.1, -0.05) is 12.1 Å². The highest BCUT2D eigenvalue weighted by Gasteiger charge is 2.35. The van der Waals surface area contributed by atoms with E-state index < -0.39 is 22.5 Å². The van der Waals surface area contributed by atoms with Crippen LogP contribution in [0.3, 0.4) is 0 Å². The number of nitrogens with zero attached hydrogens (tertiary/aromatic N) is 3. The first-order chi connectivity index (χ1) is 16.4. The first-order valence-electron chi connectivity index (χ1n) is 11.6. The molecule has 0 N–H and O–H groups in total. The topological polar surface area (TPSA) is 45.3 Å². The van der Waals surface area contributed by atoms with Crippen LogP contribution in [0.25, 0.3) is 0 Å². The number of ether oxygens (including phenoxy) is 2. The molecule has 0 aliphatic carbocycles. The lowest BCUT2D eigenvalue weighted by molar-refractivity contribution is -0.256. The summed E-state index contributed by atoms with van der Waals surface area (Å²) < 4.78 is 64.7. The Balaban J connectivity index is 1.27. The summed E-state index contributed by atoms with van der Waals surface area (Å²) in [6.45, 7) is 6.31. The maximum absolute atomic E-state index is 13.4. The molecule has 2 fully saturated rings. The lowest BCUT2D eigenvalue weighted by Gasteiger charge is -2.40. The zero-order valence-corrected chi connectivity index (χ0v) is 19.6. The normalized spacial score (nSPS) is 22.4. The summed E-state index contributed by atoms with van der Waals surface area (Å²) in [6.07, 6.45) is -3.00. The molecular formula is C24H28F3N3O3S. The Hall–Kier alpha value is -1.98. The van der Waals surface area contributed by atoms with Gasteiger partial charge in [-0.2, -0.15) is 13.2 Å². The monoisotopic (exact) mass is 495 g/mol. The van der Waals surface area contributed by atoms with Gasteiger partial charge in [0.05, 0.1) is 50.7 Å². The number of alkyl halides is 3. The molecule has 3 heterocycles. The number of benzene rings is 2. The molecule has 6 nitrogen and oxygen atoms in total. The molecule has 2 aromatic carbocycles. The third-order valence-corrected chi connectivity index (χ3v) is 7.99. The third kappa shape index (κ3) is 4.87. The Kier molecular flexibility index (Phi) is 6.95. The lowest BCUT2D eigenvalue weighted by Crippen LogP contribution is -2.53. The fraction of sp³-hybridized carbons (Fsp3) is 0.500. The average Bonchev–Trinajstić information content (AvgIpc) is 2.86. The summed E-state index contributed by atoms with van der Waals surface area (Å²) in [4.78, 5) is 7.52. The van der Waals surface area contributed by atoms with Crippen LogP contribution in [0.4, 0.5) is 24.5 Å². The van der Waals surface area contributed by atoms with E-state index in [-0.39, 0.29) is 6.41 Å². The van der Waals surface area contributed by atoms with Gasteiger partial charge in [-0.25, -0.2) is 4.21 Å². The van der Waals surface area contributed by atoms with Gasteiger partial charge in [0.1, 0.15) is 0 Å². The zero-order valence-electron chi connectivity index (χ0n) is 18.8. The highest BCUT2D eigenvalue weighted by molar-refractivity contribution is 7.85.